The number of thiazole rings is 1. The first-order valence-electron chi connectivity index (χ1n) is 11.5. The van der Waals surface area contributed by atoms with Crippen LogP contribution in [0.25, 0.3) is 10.2 Å². The van der Waals surface area contributed by atoms with Gasteiger partial charge in [0, 0.05) is 24.5 Å². The number of benzene rings is 2. The fraction of sp³-hybridized carbons (Fsp3) is 0.269. The number of aliphatic hydroxyl groups excluding tert-OH is 1. The molecule has 2 heterocycles. The third-order valence-electron chi connectivity index (χ3n) is 5.91. The van der Waals surface area contributed by atoms with Gasteiger partial charge in [-0.2, -0.15) is 0 Å². The van der Waals surface area contributed by atoms with E-state index in [-0.39, 0.29) is 18.6 Å². The number of hydrogen-bond donors (Lipinski definition) is 4. The Bertz CT molecular complexity index is 1270. The van der Waals surface area contributed by atoms with Gasteiger partial charge in [-0.25, -0.2) is 9.97 Å². The van der Waals surface area contributed by atoms with Crippen LogP contribution in [-0.4, -0.2) is 40.2 Å². The zero-order valence-corrected chi connectivity index (χ0v) is 19.5. The Morgan fingerprint density at radius 2 is 1.97 bits per heavy atom. The van der Waals surface area contributed by atoms with E-state index < -0.39 is 0 Å². The van der Waals surface area contributed by atoms with E-state index in [0.29, 0.717) is 36.0 Å². The second kappa shape index (κ2) is 10.2. The highest BCUT2D eigenvalue weighted by atomic mass is 32.1. The number of aromatic nitrogens is 2. The quantitative estimate of drug-likeness (QED) is 0.269. The molecule has 0 saturated heterocycles. The van der Waals surface area contributed by atoms with Crippen molar-refractivity contribution in [3.05, 3.63) is 77.4 Å². The van der Waals surface area contributed by atoms with Gasteiger partial charge in [-0.05, 0) is 48.9 Å². The van der Waals surface area contributed by atoms with Gasteiger partial charge in [0.15, 0.2) is 0 Å². The predicted molar refractivity (Wildman–Crippen MR) is 137 cm³/mol. The Hall–Kier alpha value is -3.49. The molecule has 174 valence electrons. The van der Waals surface area contributed by atoms with Crippen molar-refractivity contribution >= 4 is 44.7 Å². The number of hydrogen-bond acceptors (Lipinski definition) is 7. The summed E-state index contributed by atoms with van der Waals surface area (Å²) in [6.45, 7) is 0.617. The number of rotatable bonds is 10. The van der Waals surface area contributed by atoms with Crippen LogP contribution in [0.3, 0.4) is 0 Å². The van der Waals surface area contributed by atoms with E-state index in [4.69, 9.17) is 0 Å². The van der Waals surface area contributed by atoms with Crippen LogP contribution in [0.1, 0.15) is 28.8 Å². The van der Waals surface area contributed by atoms with Gasteiger partial charge in [0.2, 0.25) is 0 Å². The van der Waals surface area contributed by atoms with E-state index >= 15 is 0 Å². The van der Waals surface area contributed by atoms with Crippen LogP contribution in [0, 0.1) is 5.92 Å². The number of pyridine rings is 1. The second-order valence-corrected chi connectivity index (χ2v) is 9.53. The Morgan fingerprint density at radius 1 is 1.12 bits per heavy atom. The van der Waals surface area contributed by atoms with E-state index in [1.807, 2.05) is 60.1 Å². The Morgan fingerprint density at radius 3 is 2.76 bits per heavy atom. The van der Waals surface area contributed by atoms with E-state index in [1.54, 1.807) is 17.5 Å². The van der Waals surface area contributed by atoms with E-state index in [0.717, 1.165) is 21.5 Å². The lowest BCUT2D eigenvalue weighted by Crippen LogP contribution is -2.30. The van der Waals surface area contributed by atoms with E-state index in [1.165, 1.54) is 12.8 Å². The third-order valence-corrected chi connectivity index (χ3v) is 6.70. The molecule has 0 unspecified atom stereocenters. The minimum atomic E-state index is -0.249. The smallest absolute Gasteiger partial charge is 0.254 e. The lowest BCUT2D eigenvalue weighted by atomic mass is 10.1. The number of fused-ring (bicyclic) bond motifs is 1. The maximum Gasteiger partial charge on any atom is 0.254 e. The van der Waals surface area contributed by atoms with Crippen molar-refractivity contribution in [2.45, 2.75) is 25.3 Å². The highest BCUT2D eigenvalue weighted by molar-refractivity contribution is 7.16. The molecule has 0 aliphatic heterocycles. The molecule has 7 nitrogen and oxygen atoms in total. The number of nitrogens with one attached hydrogen (secondary N) is 3. The molecular formula is C26H27N5O2S. The zero-order valence-electron chi connectivity index (χ0n) is 18.7. The van der Waals surface area contributed by atoms with Gasteiger partial charge in [-0.1, -0.05) is 30.3 Å². The minimum absolute atomic E-state index is 0.0643. The van der Waals surface area contributed by atoms with Crippen molar-refractivity contribution in [3.8, 4) is 0 Å². The molecule has 1 fully saturated rings. The number of carbonyl (C=O) groups is 1. The molecule has 1 saturated carbocycles. The van der Waals surface area contributed by atoms with Crippen LogP contribution >= 0.6 is 11.3 Å². The first kappa shape index (κ1) is 22.3. The Labute approximate surface area is 202 Å². The van der Waals surface area contributed by atoms with Crippen molar-refractivity contribution in [2.24, 2.45) is 5.92 Å². The topological polar surface area (TPSA) is 99.2 Å². The lowest BCUT2D eigenvalue weighted by Gasteiger charge is -2.21. The summed E-state index contributed by atoms with van der Waals surface area (Å²) in [6.07, 6.45) is 4.56. The largest absolute Gasteiger partial charge is 0.394 e. The summed E-state index contributed by atoms with van der Waals surface area (Å²) < 4.78 is 1.09. The molecule has 1 aliphatic carbocycles. The fourth-order valence-electron chi connectivity index (χ4n) is 3.84. The summed E-state index contributed by atoms with van der Waals surface area (Å²) >= 11 is 1.58. The zero-order chi connectivity index (χ0) is 23.3. The standard InChI is InChI=1S/C26H27N5O2S/c32-15-20(10-17-4-2-1-3-5-17)30-23-12-25(27-14-21(23)26(33)28-13-18-6-7-18)31-19-8-9-22-24(11-19)34-16-29-22/h1-5,8-9,11-12,14,16,18,20,32H,6-7,10,13,15H2,(H,28,33)(H2,27,30,31)/t20-/m0/s1. The summed E-state index contributed by atoms with van der Waals surface area (Å²) in [4.78, 5) is 21.7. The highest BCUT2D eigenvalue weighted by Gasteiger charge is 2.23. The molecule has 0 bridgehead atoms. The number of amides is 1. The van der Waals surface area contributed by atoms with E-state index in [9.17, 15) is 9.90 Å². The van der Waals surface area contributed by atoms with Crippen LogP contribution in [0.4, 0.5) is 17.2 Å². The van der Waals surface area contributed by atoms with Crippen molar-refractivity contribution < 1.29 is 9.90 Å². The Balaban J connectivity index is 1.39. The lowest BCUT2D eigenvalue weighted by molar-refractivity contribution is 0.0952. The van der Waals surface area contributed by atoms with Gasteiger partial charge >= 0.3 is 0 Å². The van der Waals surface area contributed by atoms with Gasteiger partial charge in [-0.3, -0.25) is 4.79 Å². The first-order chi connectivity index (χ1) is 16.7. The van der Waals surface area contributed by atoms with Crippen molar-refractivity contribution in [1.29, 1.82) is 0 Å². The summed E-state index contributed by atoms with van der Waals surface area (Å²) in [6, 6.07) is 17.5. The normalized spacial score (nSPS) is 14.0. The maximum atomic E-state index is 12.9. The van der Waals surface area contributed by atoms with E-state index in [2.05, 4.69) is 25.9 Å². The molecule has 0 spiro atoms. The highest BCUT2D eigenvalue weighted by Crippen LogP contribution is 2.29. The second-order valence-electron chi connectivity index (χ2n) is 8.64. The third kappa shape index (κ3) is 5.52. The van der Waals surface area contributed by atoms with Gasteiger partial charge in [-0.15, -0.1) is 11.3 Å². The van der Waals surface area contributed by atoms with Crippen LogP contribution in [-0.2, 0) is 6.42 Å². The average Bonchev–Trinajstić information content (AvgIpc) is 3.58. The Kier molecular flexibility index (Phi) is 6.69. The molecule has 34 heavy (non-hydrogen) atoms. The van der Waals surface area contributed by atoms with Crippen LogP contribution in [0.5, 0.6) is 0 Å². The van der Waals surface area contributed by atoms with Gasteiger partial charge in [0.25, 0.3) is 5.91 Å². The summed E-state index contributed by atoms with van der Waals surface area (Å²) in [7, 11) is 0. The summed E-state index contributed by atoms with van der Waals surface area (Å²) in [5.41, 5.74) is 5.89. The predicted octanol–water partition coefficient (Wildman–Crippen LogP) is 4.59. The molecule has 8 heteroatoms. The number of nitrogens with zero attached hydrogens (tertiary/aromatic N) is 2. The fourth-order valence-corrected chi connectivity index (χ4v) is 4.56. The molecule has 1 aliphatic rings. The molecule has 4 N–H and O–H groups in total. The van der Waals surface area contributed by atoms with Crippen LogP contribution in [0.2, 0.25) is 0 Å². The first-order valence-corrected chi connectivity index (χ1v) is 12.4. The number of aliphatic hydroxyl groups is 1. The monoisotopic (exact) mass is 473 g/mol. The van der Waals surface area contributed by atoms with Crippen molar-refractivity contribution in [2.75, 3.05) is 23.8 Å². The van der Waals surface area contributed by atoms with Gasteiger partial charge < -0.3 is 21.1 Å². The van der Waals surface area contributed by atoms with Gasteiger partial charge in [0.05, 0.1) is 39.6 Å². The molecule has 2 aromatic carbocycles. The van der Waals surface area contributed by atoms with Gasteiger partial charge in [0.1, 0.15) is 5.82 Å². The molecular weight excluding hydrogens is 446 g/mol. The molecule has 2 aromatic heterocycles. The van der Waals surface area contributed by atoms with Crippen LogP contribution < -0.4 is 16.0 Å². The summed E-state index contributed by atoms with van der Waals surface area (Å²) in [5, 5.41) is 19.8. The average molecular weight is 474 g/mol. The minimum Gasteiger partial charge on any atom is -0.394 e. The van der Waals surface area contributed by atoms with Crippen molar-refractivity contribution in [1.82, 2.24) is 15.3 Å². The van der Waals surface area contributed by atoms with Crippen molar-refractivity contribution in [3.63, 3.8) is 0 Å². The molecule has 4 aromatic rings. The number of carbonyl (C=O) groups excluding carboxylic acids is 1. The molecule has 5 rings (SSSR count). The maximum absolute atomic E-state index is 12.9. The SMILES string of the molecule is O=C(NCC1CC1)c1cnc(Nc2ccc3ncsc3c2)cc1N[C@H](CO)Cc1ccccc1. The van der Waals surface area contributed by atoms with Crippen LogP contribution in [0.15, 0.2) is 66.3 Å². The molecule has 1 atom stereocenters. The molecule has 0 radical (unpaired) electrons. The summed E-state index contributed by atoms with van der Waals surface area (Å²) in [5.74, 6) is 1.04. The molecule has 1 amide bonds. The number of anilines is 3.